The number of hydrogen-bond acceptors (Lipinski definition) is 6. The van der Waals surface area contributed by atoms with Gasteiger partial charge in [-0.05, 0) is 118 Å². The molecule has 9 rings (SSSR count). The molecule has 4 aliphatic rings. The molecular weight excluding hydrogens is 747 g/mol. The first kappa shape index (κ1) is 36.2. The van der Waals surface area contributed by atoms with Crippen LogP contribution < -0.4 is 0 Å². The minimum Gasteiger partial charge on any atom is -0.478 e. The Morgan fingerprint density at radius 1 is 0.339 bits per heavy atom. The van der Waals surface area contributed by atoms with Gasteiger partial charge in [0.2, 0.25) is 0 Å². The van der Waals surface area contributed by atoms with Gasteiger partial charge in [-0.2, -0.15) is 0 Å². The number of rotatable bonds is 8. The number of benzene rings is 4. The van der Waals surface area contributed by atoms with E-state index in [2.05, 4.69) is 4.98 Å². The van der Waals surface area contributed by atoms with Crippen molar-refractivity contribution in [3.8, 4) is 44.5 Å². The van der Waals surface area contributed by atoms with Crippen LogP contribution in [0.4, 0.5) is 0 Å². The number of carboxylic acid groups (broad SMARTS) is 4. The van der Waals surface area contributed by atoms with Crippen LogP contribution in [-0.4, -0.2) is 59.3 Å². The predicted octanol–water partition coefficient (Wildman–Crippen LogP) is 9.80. The number of carbonyl (C=O) groups is 4. The Kier molecular flexibility index (Phi) is 8.75. The summed E-state index contributed by atoms with van der Waals surface area (Å²) in [4.78, 5) is 61.4. The average Bonchev–Trinajstić information content (AvgIpc) is 4.02. The van der Waals surface area contributed by atoms with Crippen LogP contribution in [0.15, 0.2) is 121 Å². The van der Waals surface area contributed by atoms with Gasteiger partial charge < -0.3 is 25.4 Å². The van der Waals surface area contributed by atoms with Gasteiger partial charge in [0.05, 0.1) is 45.0 Å². The van der Waals surface area contributed by atoms with Crippen molar-refractivity contribution >= 4 is 59.2 Å². The Morgan fingerprint density at radius 3 is 0.847 bits per heavy atom. The van der Waals surface area contributed by atoms with Crippen LogP contribution >= 0.6 is 0 Å². The van der Waals surface area contributed by atoms with Crippen molar-refractivity contribution in [3.63, 3.8) is 0 Å². The van der Waals surface area contributed by atoms with Gasteiger partial charge >= 0.3 is 23.9 Å². The molecule has 3 aliphatic heterocycles. The largest absolute Gasteiger partial charge is 0.478 e. The van der Waals surface area contributed by atoms with E-state index in [0.717, 1.165) is 10.4 Å². The summed E-state index contributed by atoms with van der Waals surface area (Å²) in [6.07, 6.45) is 7.53. The van der Waals surface area contributed by atoms with Crippen LogP contribution in [0, 0.1) is 10.4 Å². The zero-order valence-corrected chi connectivity index (χ0v) is 30.7. The Bertz CT molecular complexity index is 2970. The van der Waals surface area contributed by atoms with Crippen molar-refractivity contribution < 1.29 is 39.6 Å². The molecule has 0 unspecified atom stereocenters. The zero-order chi connectivity index (χ0) is 40.9. The lowest BCUT2D eigenvalue weighted by Crippen LogP contribution is -1.98. The molecule has 0 saturated carbocycles. The molecule has 5 aromatic rings. The van der Waals surface area contributed by atoms with Crippen molar-refractivity contribution in [2.24, 2.45) is 0 Å². The van der Waals surface area contributed by atoms with Gasteiger partial charge in [-0.25, -0.2) is 29.1 Å². The predicted molar refractivity (Wildman–Crippen MR) is 223 cm³/mol. The summed E-state index contributed by atoms with van der Waals surface area (Å²) in [6, 6.07) is 33.8. The second-order valence-corrected chi connectivity index (χ2v) is 13.9. The van der Waals surface area contributed by atoms with Crippen LogP contribution in [0.1, 0.15) is 64.2 Å². The number of hydrogen-bond donors (Lipinski definition) is 5. The second kappa shape index (κ2) is 14.3. The monoisotopic (exact) mass is 775 g/mol. The lowest BCUT2D eigenvalue weighted by Gasteiger charge is -2.11. The summed E-state index contributed by atoms with van der Waals surface area (Å²) in [6.45, 7) is 0. The van der Waals surface area contributed by atoms with Crippen molar-refractivity contribution in [1.29, 1.82) is 0 Å². The van der Waals surface area contributed by atoms with Crippen LogP contribution in [0.2, 0.25) is 0 Å². The molecule has 11 nitrogen and oxygen atoms in total. The Labute approximate surface area is 334 Å². The number of aromatic amines is 1. The maximum atomic E-state index is 11.9. The van der Waals surface area contributed by atoms with Crippen LogP contribution in [0.3, 0.4) is 0 Å². The lowest BCUT2D eigenvalue weighted by atomic mass is 9.93. The van der Waals surface area contributed by atoms with E-state index in [4.69, 9.17) is 9.97 Å². The third kappa shape index (κ3) is 6.48. The van der Waals surface area contributed by atoms with E-state index >= 15 is 0 Å². The molecule has 4 heterocycles. The SMILES string of the molecule is O=C(O)c1ccc(-c2c3nc(c(-c4ccc(C(=O)O)cc4)c4ccc([nH]4)c(-c4ccc(C(=O)O)cc4)c4nc(c(-c5ccc(C(=O)O)cc5)c5ccc2=5)C=C4)C=C3)cc1. The van der Waals surface area contributed by atoms with E-state index in [1.54, 1.807) is 48.5 Å². The highest BCUT2D eigenvalue weighted by Crippen LogP contribution is 2.38. The molecule has 0 spiro atoms. The highest BCUT2D eigenvalue weighted by Gasteiger charge is 2.20. The smallest absolute Gasteiger partial charge is 0.335 e. The standard InChI is InChI=1S/C48H29N3O8/c52-45(53)29-9-1-25(2-10-29)41-33-17-18-34(33)42(26-3-11-30(12-4-26)46(54)55)36-20-22-38(50-36)44(28-7-15-32(16-8-28)48(58)59)40-24-23-39(51-40)43(37-21-19-35(41)49-37)27-5-13-31(14-6-27)47(56)57/h1-24,51H,(H,52,53)(H,54,55)(H,56,57)(H,58,59). The minimum absolute atomic E-state index is 0.118. The van der Waals surface area contributed by atoms with Crippen molar-refractivity contribution in [1.82, 2.24) is 15.0 Å². The van der Waals surface area contributed by atoms with Gasteiger partial charge in [-0.1, -0.05) is 60.7 Å². The zero-order valence-electron chi connectivity index (χ0n) is 30.7. The minimum atomic E-state index is -1.06. The molecule has 5 N–H and O–H groups in total. The first-order valence-electron chi connectivity index (χ1n) is 18.3. The number of aromatic carboxylic acids is 4. The Balaban J connectivity index is 1.46. The van der Waals surface area contributed by atoms with Crippen molar-refractivity contribution in [2.45, 2.75) is 0 Å². The number of nitrogens with one attached hydrogen (secondary N) is 1. The topological polar surface area (TPSA) is 191 Å². The van der Waals surface area contributed by atoms with E-state index < -0.39 is 23.9 Å². The molecule has 0 atom stereocenters. The van der Waals surface area contributed by atoms with Gasteiger partial charge in [0.25, 0.3) is 0 Å². The van der Waals surface area contributed by atoms with Gasteiger partial charge in [-0.3, -0.25) is 0 Å². The summed E-state index contributed by atoms with van der Waals surface area (Å²) in [5, 5.41) is 40.3. The highest BCUT2D eigenvalue weighted by molar-refractivity contribution is 5.98. The molecule has 0 amide bonds. The molecule has 284 valence electrons. The van der Waals surface area contributed by atoms with Crippen LogP contribution in [-0.2, 0) is 0 Å². The maximum absolute atomic E-state index is 11.9. The molecule has 4 aromatic carbocycles. The summed E-state index contributed by atoms with van der Waals surface area (Å²) in [5.41, 5.74) is 9.69. The third-order valence-corrected chi connectivity index (χ3v) is 10.5. The fourth-order valence-corrected chi connectivity index (χ4v) is 7.54. The number of aromatic nitrogens is 3. The first-order valence-corrected chi connectivity index (χ1v) is 18.3. The molecule has 59 heavy (non-hydrogen) atoms. The van der Waals surface area contributed by atoms with Gasteiger partial charge in [0.15, 0.2) is 0 Å². The Hall–Kier alpha value is -8.44. The van der Waals surface area contributed by atoms with Crippen molar-refractivity contribution in [3.05, 3.63) is 177 Å². The van der Waals surface area contributed by atoms with Crippen molar-refractivity contribution in [2.75, 3.05) is 0 Å². The molecule has 11 heteroatoms. The summed E-state index contributed by atoms with van der Waals surface area (Å²) in [7, 11) is 0. The van der Waals surface area contributed by atoms with E-state index in [1.165, 1.54) is 48.5 Å². The average molecular weight is 776 g/mol. The highest BCUT2D eigenvalue weighted by atomic mass is 16.4. The molecule has 6 bridgehead atoms. The summed E-state index contributed by atoms with van der Waals surface area (Å²) in [5.74, 6) is -4.25. The van der Waals surface area contributed by atoms with Crippen LogP contribution in [0.5, 0.6) is 0 Å². The summed E-state index contributed by atoms with van der Waals surface area (Å²) >= 11 is 0. The van der Waals surface area contributed by atoms with Gasteiger partial charge in [0, 0.05) is 33.3 Å². The normalized spacial score (nSPS) is 11.8. The molecular formula is C48H29N3O8. The lowest BCUT2D eigenvalue weighted by molar-refractivity contribution is 0.0686. The molecule has 0 radical (unpaired) electrons. The number of nitrogens with zero attached hydrogens (tertiary/aromatic N) is 2. The maximum Gasteiger partial charge on any atom is 0.335 e. The van der Waals surface area contributed by atoms with E-state index in [9.17, 15) is 39.6 Å². The van der Waals surface area contributed by atoms with Gasteiger partial charge in [0.1, 0.15) is 0 Å². The third-order valence-electron chi connectivity index (χ3n) is 10.5. The number of fused-ring (bicyclic) bond motifs is 6. The summed E-state index contributed by atoms with van der Waals surface area (Å²) < 4.78 is 0. The Morgan fingerprint density at radius 2 is 0.593 bits per heavy atom. The molecule has 1 aliphatic carbocycles. The van der Waals surface area contributed by atoms with E-state index in [0.29, 0.717) is 78.3 Å². The number of carboxylic acids is 4. The molecule has 0 saturated heterocycles. The van der Waals surface area contributed by atoms with E-state index in [-0.39, 0.29) is 22.3 Å². The fourth-order valence-electron chi connectivity index (χ4n) is 7.54. The van der Waals surface area contributed by atoms with Crippen LogP contribution in [0.25, 0.3) is 79.8 Å². The fraction of sp³-hybridized carbons (Fsp3) is 0. The molecule has 0 fully saturated rings. The number of H-pyrrole nitrogens is 1. The first-order chi connectivity index (χ1) is 28.5. The second-order valence-electron chi connectivity index (χ2n) is 13.9. The van der Waals surface area contributed by atoms with E-state index in [1.807, 2.05) is 48.6 Å². The quantitative estimate of drug-likeness (QED) is 0.0993. The van der Waals surface area contributed by atoms with Gasteiger partial charge in [-0.15, -0.1) is 0 Å². The molecule has 1 aromatic heterocycles.